The molecule has 0 fully saturated rings. The molecule has 0 saturated heterocycles. The van der Waals surface area contributed by atoms with Crippen molar-refractivity contribution in [1.29, 1.82) is 0 Å². The van der Waals surface area contributed by atoms with E-state index in [9.17, 15) is 14.7 Å². The van der Waals surface area contributed by atoms with Crippen LogP contribution in [0.1, 0.15) is 10.4 Å². The van der Waals surface area contributed by atoms with E-state index >= 15 is 0 Å². The van der Waals surface area contributed by atoms with E-state index in [-0.39, 0.29) is 5.91 Å². The normalized spacial score (nSPS) is 21.8. The highest BCUT2D eigenvalue weighted by molar-refractivity contribution is 8.03. The lowest BCUT2D eigenvalue weighted by Crippen LogP contribution is -2.56. The Morgan fingerprint density at radius 2 is 1.85 bits per heavy atom. The number of nitrogens with zero attached hydrogens (tertiary/aromatic N) is 2. The number of hydrogen-bond donors (Lipinski definition) is 2. The van der Waals surface area contributed by atoms with Crippen molar-refractivity contribution in [3.8, 4) is 0 Å². The van der Waals surface area contributed by atoms with E-state index in [0.29, 0.717) is 5.56 Å². The molecule has 3 aromatic rings. The lowest BCUT2D eigenvalue weighted by Gasteiger charge is -2.34. The number of aromatic nitrogens is 2. The van der Waals surface area contributed by atoms with Gasteiger partial charge in [0.2, 0.25) is 0 Å². The summed E-state index contributed by atoms with van der Waals surface area (Å²) in [6.45, 7) is 0. The number of thioether (sulfide) groups is 1. The van der Waals surface area contributed by atoms with Gasteiger partial charge in [0.25, 0.3) is 5.91 Å². The van der Waals surface area contributed by atoms with E-state index in [1.54, 1.807) is 46.6 Å². The van der Waals surface area contributed by atoms with Crippen LogP contribution in [0, 0.1) is 0 Å². The van der Waals surface area contributed by atoms with Gasteiger partial charge in [-0.25, -0.2) is 4.98 Å². The number of carboxylic acid groups (broad SMARTS) is 1. The number of amides is 1. The monoisotopic (exact) mass is 365 g/mol. The molecule has 0 bridgehead atoms. The van der Waals surface area contributed by atoms with Crippen LogP contribution in [-0.2, 0) is 10.5 Å². The Morgan fingerprint density at radius 3 is 2.62 bits per heavy atom. The molecule has 7 heteroatoms. The Hall–Kier alpha value is -3.06. The highest BCUT2D eigenvalue weighted by Crippen LogP contribution is 2.39. The van der Waals surface area contributed by atoms with Crippen molar-refractivity contribution in [3.63, 3.8) is 0 Å². The summed E-state index contributed by atoms with van der Waals surface area (Å²) in [7, 11) is 0. The Bertz CT molecular complexity index is 1020. The van der Waals surface area contributed by atoms with Gasteiger partial charge >= 0.3 is 5.97 Å². The van der Waals surface area contributed by atoms with Gasteiger partial charge in [0.1, 0.15) is 0 Å². The number of carboxylic acids is 1. The molecule has 130 valence electrons. The molecule has 0 saturated carbocycles. The first-order valence-corrected chi connectivity index (χ1v) is 8.92. The molecule has 2 heterocycles. The van der Waals surface area contributed by atoms with E-state index in [2.05, 4.69) is 10.3 Å². The number of benzene rings is 2. The third kappa shape index (κ3) is 2.57. The molecule has 0 spiro atoms. The summed E-state index contributed by atoms with van der Waals surface area (Å²) in [6, 6.07) is 16.2. The van der Waals surface area contributed by atoms with Crippen LogP contribution < -0.4 is 5.32 Å². The van der Waals surface area contributed by atoms with Crippen molar-refractivity contribution in [2.45, 2.75) is 10.9 Å². The summed E-state index contributed by atoms with van der Waals surface area (Å²) in [6.07, 6.45) is 3.29. The molecule has 26 heavy (non-hydrogen) atoms. The zero-order valence-electron chi connectivity index (χ0n) is 13.6. The van der Waals surface area contributed by atoms with Gasteiger partial charge in [-0.15, -0.1) is 11.8 Å². The molecule has 4 rings (SSSR count). The molecule has 1 aliphatic rings. The first-order chi connectivity index (χ1) is 12.6. The van der Waals surface area contributed by atoms with E-state index in [4.69, 9.17) is 0 Å². The number of carbonyl (C=O) groups is 2. The van der Waals surface area contributed by atoms with E-state index in [1.807, 2.05) is 30.3 Å². The quantitative estimate of drug-likeness (QED) is 0.743. The molecule has 0 radical (unpaired) electrons. The fourth-order valence-corrected chi connectivity index (χ4v) is 4.15. The average molecular weight is 365 g/mol. The van der Waals surface area contributed by atoms with Crippen molar-refractivity contribution < 1.29 is 14.7 Å². The van der Waals surface area contributed by atoms with Gasteiger partial charge in [-0.3, -0.25) is 9.59 Å². The largest absolute Gasteiger partial charge is 0.480 e. The minimum absolute atomic E-state index is 0.346. The summed E-state index contributed by atoms with van der Waals surface area (Å²) in [5, 5.41) is 13.5. The molecule has 2 unspecified atom stereocenters. The number of aliphatic carboxylic acids is 1. The van der Waals surface area contributed by atoms with Crippen molar-refractivity contribution in [2.24, 2.45) is 0 Å². The fraction of sp³-hybridized carbons (Fsp3) is 0.105. The molecule has 0 aliphatic carbocycles. The SMILES string of the molecule is O=C(NC1(n2cnc3ccccc32)C=CSC1C(=O)O)c1ccccc1. The average Bonchev–Trinajstić information content (AvgIpc) is 3.27. The van der Waals surface area contributed by atoms with Crippen LogP contribution in [0.3, 0.4) is 0 Å². The molecular formula is C19H15N3O3S. The summed E-state index contributed by atoms with van der Waals surface area (Å²) in [5.41, 5.74) is 0.694. The topological polar surface area (TPSA) is 84.2 Å². The zero-order chi connectivity index (χ0) is 18.1. The second-order valence-electron chi connectivity index (χ2n) is 5.91. The Morgan fingerprint density at radius 1 is 1.12 bits per heavy atom. The lowest BCUT2D eigenvalue weighted by atomic mass is 10.0. The van der Waals surface area contributed by atoms with E-state index < -0.39 is 16.9 Å². The van der Waals surface area contributed by atoms with Crippen molar-refractivity contribution in [3.05, 3.63) is 78.0 Å². The van der Waals surface area contributed by atoms with Crippen molar-refractivity contribution >= 4 is 34.7 Å². The van der Waals surface area contributed by atoms with Gasteiger partial charge in [-0.2, -0.15) is 0 Å². The van der Waals surface area contributed by atoms with Crippen LogP contribution in [0.5, 0.6) is 0 Å². The van der Waals surface area contributed by atoms with Crippen LogP contribution in [0.15, 0.2) is 72.4 Å². The standard InChI is InChI=1S/C19H15N3O3S/c23-17(13-6-2-1-3-7-13)21-19(10-11-26-16(19)18(24)25)22-12-20-14-8-4-5-9-15(14)22/h1-12,16H,(H,21,23)(H,24,25). The Balaban J connectivity index is 1.85. The molecule has 1 aliphatic heterocycles. The molecule has 1 amide bonds. The third-order valence-electron chi connectivity index (χ3n) is 4.36. The molecular weight excluding hydrogens is 350 g/mol. The Kier molecular flexibility index (Phi) is 4.00. The first-order valence-electron chi connectivity index (χ1n) is 7.98. The summed E-state index contributed by atoms with van der Waals surface area (Å²) in [4.78, 5) is 29.1. The maximum atomic E-state index is 12.8. The molecule has 1 aromatic heterocycles. The number of imidazole rings is 1. The highest BCUT2D eigenvalue weighted by atomic mass is 32.2. The molecule has 2 N–H and O–H groups in total. The van der Waals surface area contributed by atoms with Crippen LogP contribution in [0.4, 0.5) is 0 Å². The van der Waals surface area contributed by atoms with E-state index in [0.717, 1.165) is 22.8 Å². The maximum Gasteiger partial charge on any atom is 0.321 e. The zero-order valence-corrected chi connectivity index (χ0v) is 14.4. The second kappa shape index (κ2) is 6.34. The highest BCUT2D eigenvalue weighted by Gasteiger charge is 2.48. The predicted octanol–water partition coefficient (Wildman–Crippen LogP) is 2.83. The number of hydrogen-bond acceptors (Lipinski definition) is 4. The number of carbonyl (C=O) groups excluding carboxylic acids is 1. The van der Waals surface area contributed by atoms with Gasteiger partial charge in [0.05, 0.1) is 17.4 Å². The predicted molar refractivity (Wildman–Crippen MR) is 99.8 cm³/mol. The van der Waals surface area contributed by atoms with Gasteiger partial charge in [0, 0.05) is 5.56 Å². The number of fused-ring (bicyclic) bond motifs is 1. The number of para-hydroxylation sites is 2. The number of rotatable bonds is 4. The minimum Gasteiger partial charge on any atom is -0.480 e. The smallest absolute Gasteiger partial charge is 0.321 e. The first kappa shape index (κ1) is 16.4. The van der Waals surface area contributed by atoms with Crippen LogP contribution in [0.25, 0.3) is 11.0 Å². The fourth-order valence-electron chi connectivity index (χ4n) is 3.13. The van der Waals surface area contributed by atoms with Gasteiger partial charge in [-0.1, -0.05) is 30.3 Å². The lowest BCUT2D eigenvalue weighted by molar-refractivity contribution is -0.138. The molecule has 6 nitrogen and oxygen atoms in total. The van der Waals surface area contributed by atoms with Gasteiger partial charge in [-0.05, 0) is 35.7 Å². The minimum atomic E-state index is -1.25. The third-order valence-corrected chi connectivity index (χ3v) is 5.49. The van der Waals surface area contributed by atoms with E-state index in [1.165, 1.54) is 0 Å². The summed E-state index contributed by atoms with van der Waals surface area (Å²) < 4.78 is 1.72. The van der Waals surface area contributed by atoms with Crippen molar-refractivity contribution in [2.75, 3.05) is 0 Å². The van der Waals surface area contributed by atoms with Gasteiger partial charge < -0.3 is 15.0 Å². The van der Waals surface area contributed by atoms with Crippen LogP contribution >= 0.6 is 11.8 Å². The van der Waals surface area contributed by atoms with Crippen LogP contribution in [0.2, 0.25) is 0 Å². The van der Waals surface area contributed by atoms with Gasteiger partial charge in [0.15, 0.2) is 10.9 Å². The Labute approximate surface area is 153 Å². The second-order valence-corrected chi connectivity index (χ2v) is 6.92. The number of nitrogens with one attached hydrogen (secondary N) is 1. The summed E-state index contributed by atoms with van der Waals surface area (Å²) >= 11 is 1.16. The molecule has 2 aromatic carbocycles. The maximum absolute atomic E-state index is 12.8. The summed E-state index contributed by atoms with van der Waals surface area (Å²) in [5.74, 6) is -1.35. The molecule has 2 atom stereocenters. The van der Waals surface area contributed by atoms with Crippen molar-refractivity contribution in [1.82, 2.24) is 14.9 Å². The van der Waals surface area contributed by atoms with Crippen LogP contribution in [-0.4, -0.2) is 31.8 Å².